The van der Waals surface area contributed by atoms with E-state index >= 15 is 0 Å². The van der Waals surface area contributed by atoms with Gasteiger partial charge in [-0.1, -0.05) is 37.5 Å². The molecule has 0 unspecified atom stereocenters. The van der Waals surface area contributed by atoms with Crippen molar-refractivity contribution in [2.75, 3.05) is 24.7 Å². The van der Waals surface area contributed by atoms with Gasteiger partial charge in [0.05, 0.1) is 18.9 Å². The molecule has 0 fully saturated rings. The van der Waals surface area contributed by atoms with Crippen LogP contribution in [0.2, 0.25) is 0 Å². The average Bonchev–Trinajstić information content (AvgIpc) is 2.58. The zero-order chi connectivity index (χ0) is 17.2. The zero-order valence-electron chi connectivity index (χ0n) is 14.5. The molecular formula is C20H28N2O2. The van der Waals surface area contributed by atoms with Crippen molar-refractivity contribution in [2.24, 2.45) is 0 Å². The van der Waals surface area contributed by atoms with Crippen LogP contribution >= 0.6 is 0 Å². The van der Waals surface area contributed by atoms with E-state index in [1.807, 2.05) is 49.4 Å². The monoisotopic (exact) mass is 328 g/mol. The Morgan fingerprint density at radius 1 is 0.750 bits per heavy atom. The standard InChI is InChI=1S/C20H28N2O2/c1-16-11-12-17(15-19(16)22)23-13-7-3-2-4-8-14-24-20-10-6-5-9-18(20)21/h5-6,9-12,15H,2-4,7-8,13-14,21-22H2,1H3. The molecule has 4 N–H and O–H groups in total. The first-order valence-corrected chi connectivity index (χ1v) is 8.63. The van der Waals surface area contributed by atoms with E-state index < -0.39 is 0 Å². The van der Waals surface area contributed by atoms with Crippen LogP contribution in [0.4, 0.5) is 11.4 Å². The lowest BCUT2D eigenvalue weighted by Gasteiger charge is -2.09. The highest BCUT2D eigenvalue weighted by Crippen LogP contribution is 2.20. The SMILES string of the molecule is Cc1ccc(OCCCCCCCOc2ccccc2N)cc1N. The molecule has 0 aromatic heterocycles. The first-order chi connectivity index (χ1) is 11.7. The second kappa shape index (κ2) is 9.71. The molecule has 0 aliphatic rings. The Morgan fingerprint density at radius 2 is 1.42 bits per heavy atom. The van der Waals surface area contributed by atoms with Gasteiger partial charge in [0.15, 0.2) is 0 Å². The van der Waals surface area contributed by atoms with Gasteiger partial charge >= 0.3 is 0 Å². The number of benzene rings is 2. The number of nitrogen functional groups attached to an aromatic ring is 2. The van der Waals surface area contributed by atoms with Crippen LogP contribution in [0.15, 0.2) is 42.5 Å². The molecule has 0 spiro atoms. The summed E-state index contributed by atoms with van der Waals surface area (Å²) >= 11 is 0. The lowest BCUT2D eigenvalue weighted by molar-refractivity contribution is 0.294. The molecule has 2 rings (SSSR count). The quantitative estimate of drug-likeness (QED) is 0.495. The van der Waals surface area contributed by atoms with E-state index in [-0.39, 0.29) is 0 Å². The van der Waals surface area contributed by atoms with Crippen LogP contribution in [0.3, 0.4) is 0 Å². The Morgan fingerprint density at radius 3 is 2.12 bits per heavy atom. The molecule has 0 radical (unpaired) electrons. The topological polar surface area (TPSA) is 70.5 Å². The van der Waals surface area contributed by atoms with E-state index in [2.05, 4.69) is 0 Å². The number of hydrogen-bond donors (Lipinski definition) is 2. The molecule has 0 saturated heterocycles. The fourth-order valence-corrected chi connectivity index (χ4v) is 2.43. The molecule has 0 bridgehead atoms. The highest BCUT2D eigenvalue weighted by atomic mass is 16.5. The molecule has 0 saturated carbocycles. The summed E-state index contributed by atoms with van der Waals surface area (Å²) in [4.78, 5) is 0. The summed E-state index contributed by atoms with van der Waals surface area (Å²) in [5.41, 5.74) is 14.3. The third-order valence-corrected chi connectivity index (χ3v) is 3.98. The van der Waals surface area contributed by atoms with Gasteiger partial charge in [-0.2, -0.15) is 0 Å². The Balaban J connectivity index is 1.48. The van der Waals surface area contributed by atoms with Crippen LogP contribution in [-0.2, 0) is 0 Å². The minimum Gasteiger partial charge on any atom is -0.494 e. The third-order valence-electron chi connectivity index (χ3n) is 3.98. The first kappa shape index (κ1) is 18.0. The highest BCUT2D eigenvalue weighted by Gasteiger charge is 1.99. The van der Waals surface area contributed by atoms with E-state index in [1.165, 1.54) is 6.42 Å². The van der Waals surface area contributed by atoms with Gasteiger partial charge in [0, 0.05) is 11.8 Å². The minimum atomic E-state index is 0.700. The molecule has 0 aliphatic carbocycles. The lowest BCUT2D eigenvalue weighted by Crippen LogP contribution is -2.01. The molecule has 0 heterocycles. The van der Waals surface area contributed by atoms with Crippen LogP contribution in [-0.4, -0.2) is 13.2 Å². The van der Waals surface area contributed by atoms with E-state index in [0.29, 0.717) is 12.3 Å². The Bertz CT molecular complexity index is 629. The van der Waals surface area contributed by atoms with Crippen LogP contribution in [0.5, 0.6) is 11.5 Å². The number of hydrogen-bond acceptors (Lipinski definition) is 4. The Kier molecular flexibility index (Phi) is 7.27. The Hall–Kier alpha value is -2.36. The smallest absolute Gasteiger partial charge is 0.142 e. The molecule has 24 heavy (non-hydrogen) atoms. The van der Waals surface area contributed by atoms with Crippen molar-refractivity contribution in [3.05, 3.63) is 48.0 Å². The van der Waals surface area contributed by atoms with E-state index in [9.17, 15) is 0 Å². The fraction of sp³-hybridized carbons (Fsp3) is 0.400. The number of para-hydroxylation sites is 2. The molecule has 130 valence electrons. The number of ether oxygens (including phenoxy) is 2. The minimum absolute atomic E-state index is 0.700. The van der Waals surface area contributed by atoms with Crippen LogP contribution in [0.1, 0.15) is 37.7 Å². The maximum Gasteiger partial charge on any atom is 0.142 e. The van der Waals surface area contributed by atoms with Gasteiger partial charge in [0.25, 0.3) is 0 Å². The summed E-state index contributed by atoms with van der Waals surface area (Å²) in [6.45, 7) is 3.45. The van der Waals surface area contributed by atoms with E-state index in [4.69, 9.17) is 20.9 Å². The van der Waals surface area contributed by atoms with Gasteiger partial charge in [-0.3, -0.25) is 0 Å². The van der Waals surface area contributed by atoms with Crippen molar-refractivity contribution in [3.8, 4) is 11.5 Å². The summed E-state index contributed by atoms with van der Waals surface area (Å²) in [6, 6.07) is 13.5. The normalized spacial score (nSPS) is 10.5. The molecule has 4 heteroatoms. The molecule has 0 aliphatic heterocycles. The predicted octanol–water partition coefficient (Wildman–Crippen LogP) is 4.57. The molecule has 2 aromatic carbocycles. The second-order valence-corrected chi connectivity index (χ2v) is 6.02. The molecule has 0 atom stereocenters. The average molecular weight is 328 g/mol. The van der Waals surface area contributed by atoms with E-state index in [0.717, 1.165) is 55.0 Å². The largest absolute Gasteiger partial charge is 0.494 e. The highest BCUT2D eigenvalue weighted by molar-refractivity contribution is 5.52. The van der Waals surface area contributed by atoms with Gasteiger partial charge in [-0.15, -0.1) is 0 Å². The van der Waals surface area contributed by atoms with Crippen LogP contribution in [0.25, 0.3) is 0 Å². The van der Waals surface area contributed by atoms with Crippen molar-refractivity contribution in [3.63, 3.8) is 0 Å². The van der Waals surface area contributed by atoms with Crippen LogP contribution < -0.4 is 20.9 Å². The summed E-state index contributed by atoms with van der Waals surface area (Å²) in [5, 5.41) is 0. The van der Waals surface area contributed by atoms with E-state index in [1.54, 1.807) is 0 Å². The van der Waals surface area contributed by atoms with Crippen molar-refractivity contribution in [1.29, 1.82) is 0 Å². The summed E-state index contributed by atoms with van der Waals surface area (Å²) in [7, 11) is 0. The number of unbranched alkanes of at least 4 members (excludes halogenated alkanes) is 4. The van der Waals surface area contributed by atoms with Crippen LogP contribution in [0, 0.1) is 6.92 Å². The zero-order valence-corrected chi connectivity index (χ0v) is 14.5. The summed E-state index contributed by atoms with van der Waals surface area (Å²) in [5.74, 6) is 1.63. The molecule has 2 aromatic rings. The van der Waals surface area contributed by atoms with Gasteiger partial charge in [0.1, 0.15) is 11.5 Å². The first-order valence-electron chi connectivity index (χ1n) is 8.63. The predicted molar refractivity (Wildman–Crippen MR) is 101 cm³/mol. The van der Waals surface area contributed by atoms with Gasteiger partial charge in [-0.05, 0) is 43.5 Å². The maximum atomic E-state index is 5.87. The number of anilines is 2. The van der Waals surface area contributed by atoms with Crippen molar-refractivity contribution in [2.45, 2.75) is 39.0 Å². The molecule has 4 nitrogen and oxygen atoms in total. The van der Waals surface area contributed by atoms with Gasteiger partial charge in [0.2, 0.25) is 0 Å². The molecular weight excluding hydrogens is 300 g/mol. The fourth-order valence-electron chi connectivity index (χ4n) is 2.43. The summed E-state index contributed by atoms with van der Waals surface area (Å²) < 4.78 is 11.4. The second-order valence-electron chi connectivity index (χ2n) is 6.02. The molecule has 0 amide bonds. The third kappa shape index (κ3) is 6.03. The van der Waals surface area contributed by atoms with Gasteiger partial charge < -0.3 is 20.9 Å². The Labute approximate surface area is 144 Å². The number of nitrogens with two attached hydrogens (primary N) is 2. The number of aryl methyl sites for hydroxylation is 1. The van der Waals surface area contributed by atoms with Crippen molar-refractivity contribution in [1.82, 2.24) is 0 Å². The van der Waals surface area contributed by atoms with Crippen molar-refractivity contribution >= 4 is 11.4 Å². The number of rotatable bonds is 10. The lowest BCUT2D eigenvalue weighted by atomic mass is 10.1. The van der Waals surface area contributed by atoms with Crippen molar-refractivity contribution < 1.29 is 9.47 Å². The maximum absolute atomic E-state index is 5.87. The van der Waals surface area contributed by atoms with Gasteiger partial charge in [-0.25, -0.2) is 0 Å². The summed E-state index contributed by atoms with van der Waals surface area (Å²) in [6.07, 6.45) is 5.61.